The Morgan fingerprint density at radius 2 is 1.89 bits per heavy atom. The number of hydrogen-bond acceptors (Lipinski definition) is 5. The summed E-state index contributed by atoms with van der Waals surface area (Å²) in [5, 5.41) is 4.87. The van der Waals surface area contributed by atoms with E-state index < -0.39 is 11.7 Å². The lowest BCUT2D eigenvalue weighted by Crippen LogP contribution is -2.27. The van der Waals surface area contributed by atoms with Crippen molar-refractivity contribution in [3.63, 3.8) is 0 Å². The van der Waals surface area contributed by atoms with Crippen molar-refractivity contribution in [2.24, 2.45) is 5.10 Å². The fourth-order valence-corrected chi connectivity index (χ4v) is 1.50. The summed E-state index contributed by atoms with van der Waals surface area (Å²) in [6.07, 6.45) is 0. The highest BCUT2D eigenvalue weighted by Crippen LogP contribution is 2.22. The van der Waals surface area contributed by atoms with Gasteiger partial charge < -0.3 is 9.47 Å². The maximum atomic E-state index is 11.7. The summed E-state index contributed by atoms with van der Waals surface area (Å²) in [6.45, 7) is 2.00. The van der Waals surface area contributed by atoms with Crippen LogP contribution < -0.4 is 9.75 Å². The smallest absolute Gasteiger partial charge is 0.325 e. The van der Waals surface area contributed by atoms with Crippen LogP contribution in [0, 0.1) is 0 Å². The molecule has 1 heterocycles. The molecule has 1 aromatic carbocycles. The number of carbonyl (C=O) groups is 2. The largest absolute Gasteiger partial charge is 0.497 e. The number of nitrogens with zero attached hydrogens (tertiary/aromatic N) is 2. The number of methoxy groups -OCH3 is 1. The van der Waals surface area contributed by atoms with E-state index >= 15 is 0 Å². The first kappa shape index (κ1) is 12.1. The Morgan fingerprint density at radius 1 is 1.22 bits per heavy atom. The van der Waals surface area contributed by atoms with E-state index in [2.05, 4.69) is 5.10 Å². The number of rotatable bonds is 3. The standard InChI is InChI=1S/C12H12N2O4/c1-3-18-11-10(15)12(16)14(13-11)8-4-6-9(17-2)7-5-8/h4-7H,3H2,1-2H3. The molecular formula is C12H12N2O4. The van der Waals surface area contributed by atoms with Crippen molar-refractivity contribution in [1.82, 2.24) is 0 Å². The molecule has 6 heteroatoms. The Balaban J connectivity index is 2.27. The third-order valence-corrected chi connectivity index (χ3v) is 2.37. The van der Waals surface area contributed by atoms with Crippen molar-refractivity contribution >= 4 is 23.3 Å². The molecule has 0 saturated heterocycles. The van der Waals surface area contributed by atoms with Crippen molar-refractivity contribution in [3.8, 4) is 5.75 Å². The van der Waals surface area contributed by atoms with E-state index in [0.717, 1.165) is 5.01 Å². The fraction of sp³-hybridized carbons (Fsp3) is 0.250. The maximum Gasteiger partial charge on any atom is 0.325 e. The second-order valence-corrected chi connectivity index (χ2v) is 3.48. The molecular weight excluding hydrogens is 236 g/mol. The average Bonchev–Trinajstić information content (AvgIpc) is 2.68. The number of Topliss-reactive ketones (excluding diaryl/α,β-unsaturated/α-hetero) is 1. The van der Waals surface area contributed by atoms with Crippen molar-refractivity contribution in [2.45, 2.75) is 6.92 Å². The number of carbonyl (C=O) groups excluding carboxylic acids is 2. The number of ketones is 1. The molecule has 0 aliphatic carbocycles. The quantitative estimate of drug-likeness (QED) is 0.747. The van der Waals surface area contributed by atoms with Crippen LogP contribution in [0.2, 0.25) is 0 Å². The number of hydrazone groups is 1. The van der Waals surface area contributed by atoms with Gasteiger partial charge in [0.25, 0.3) is 5.90 Å². The SMILES string of the molecule is CCOC1=NN(c2ccc(OC)cc2)C(=O)C1=O. The molecule has 0 fully saturated rings. The van der Waals surface area contributed by atoms with Crippen LogP contribution >= 0.6 is 0 Å². The van der Waals surface area contributed by atoms with Crippen LogP contribution in [-0.4, -0.2) is 31.3 Å². The third-order valence-electron chi connectivity index (χ3n) is 2.37. The van der Waals surface area contributed by atoms with E-state index in [1.165, 1.54) is 0 Å². The topological polar surface area (TPSA) is 68.2 Å². The highest BCUT2D eigenvalue weighted by Gasteiger charge is 2.36. The molecule has 0 atom stereocenters. The molecule has 0 aromatic heterocycles. The molecule has 1 aliphatic rings. The summed E-state index contributed by atoms with van der Waals surface area (Å²) in [6, 6.07) is 6.65. The molecule has 0 unspecified atom stereocenters. The Hall–Kier alpha value is -2.37. The normalized spacial score (nSPS) is 14.8. The number of benzene rings is 1. The highest BCUT2D eigenvalue weighted by molar-refractivity contribution is 6.67. The Bertz CT molecular complexity index is 507. The zero-order chi connectivity index (χ0) is 13.1. The number of amides is 1. The zero-order valence-corrected chi connectivity index (χ0v) is 10.0. The van der Waals surface area contributed by atoms with Gasteiger partial charge in [0.05, 0.1) is 19.4 Å². The van der Waals surface area contributed by atoms with Crippen LogP contribution in [0.1, 0.15) is 6.92 Å². The molecule has 0 bridgehead atoms. The van der Waals surface area contributed by atoms with Crippen LogP contribution in [0.4, 0.5) is 5.69 Å². The van der Waals surface area contributed by atoms with Gasteiger partial charge in [-0.05, 0) is 31.2 Å². The van der Waals surface area contributed by atoms with E-state index in [1.54, 1.807) is 38.3 Å². The van der Waals surface area contributed by atoms with Crippen LogP contribution in [0.3, 0.4) is 0 Å². The summed E-state index contributed by atoms with van der Waals surface area (Å²) in [4.78, 5) is 23.2. The van der Waals surface area contributed by atoms with Gasteiger partial charge in [0.2, 0.25) is 0 Å². The average molecular weight is 248 g/mol. The fourth-order valence-electron chi connectivity index (χ4n) is 1.50. The molecule has 1 aliphatic heterocycles. The number of hydrogen-bond donors (Lipinski definition) is 0. The lowest BCUT2D eigenvalue weighted by molar-refractivity contribution is -0.132. The Kier molecular flexibility index (Phi) is 3.27. The molecule has 0 saturated carbocycles. The Labute approximate surface area is 104 Å². The first-order chi connectivity index (χ1) is 8.67. The zero-order valence-electron chi connectivity index (χ0n) is 10.0. The first-order valence-corrected chi connectivity index (χ1v) is 5.41. The molecule has 94 valence electrons. The van der Waals surface area contributed by atoms with Crippen molar-refractivity contribution < 1.29 is 19.1 Å². The van der Waals surface area contributed by atoms with E-state index in [0.29, 0.717) is 11.4 Å². The van der Waals surface area contributed by atoms with Gasteiger partial charge in [-0.1, -0.05) is 0 Å². The molecule has 18 heavy (non-hydrogen) atoms. The second kappa shape index (κ2) is 4.87. The van der Waals surface area contributed by atoms with Gasteiger partial charge in [-0.2, -0.15) is 5.01 Å². The van der Waals surface area contributed by atoms with Crippen molar-refractivity contribution in [1.29, 1.82) is 0 Å². The molecule has 1 amide bonds. The van der Waals surface area contributed by atoms with Crippen LogP contribution in [0.5, 0.6) is 5.75 Å². The summed E-state index contributed by atoms with van der Waals surface area (Å²) < 4.78 is 10.0. The highest BCUT2D eigenvalue weighted by atomic mass is 16.5. The predicted molar refractivity (Wildman–Crippen MR) is 64.5 cm³/mol. The third kappa shape index (κ3) is 2.04. The van der Waals surface area contributed by atoms with Gasteiger partial charge in [-0.3, -0.25) is 9.59 Å². The predicted octanol–water partition coefficient (Wildman–Crippen LogP) is 0.961. The summed E-state index contributed by atoms with van der Waals surface area (Å²) in [5.74, 6) is -0.958. The molecule has 0 radical (unpaired) electrons. The molecule has 0 spiro atoms. The van der Waals surface area contributed by atoms with Gasteiger partial charge in [-0.25, -0.2) is 0 Å². The first-order valence-electron chi connectivity index (χ1n) is 5.41. The van der Waals surface area contributed by atoms with Crippen LogP contribution in [0.25, 0.3) is 0 Å². The van der Waals surface area contributed by atoms with Gasteiger partial charge in [0.15, 0.2) is 0 Å². The monoisotopic (exact) mass is 248 g/mol. The van der Waals surface area contributed by atoms with Gasteiger partial charge in [0.1, 0.15) is 5.75 Å². The van der Waals surface area contributed by atoms with E-state index in [4.69, 9.17) is 9.47 Å². The minimum Gasteiger partial charge on any atom is -0.497 e. The molecule has 0 N–H and O–H groups in total. The summed E-state index contributed by atoms with van der Waals surface area (Å²) >= 11 is 0. The lowest BCUT2D eigenvalue weighted by Gasteiger charge is -2.10. The second-order valence-electron chi connectivity index (χ2n) is 3.48. The maximum absolute atomic E-state index is 11.7. The minimum absolute atomic E-state index is 0.168. The number of ether oxygens (including phenoxy) is 2. The van der Waals surface area contributed by atoms with Crippen molar-refractivity contribution in [2.75, 3.05) is 18.7 Å². The van der Waals surface area contributed by atoms with E-state index in [-0.39, 0.29) is 12.5 Å². The van der Waals surface area contributed by atoms with Crippen molar-refractivity contribution in [3.05, 3.63) is 24.3 Å². The molecule has 2 rings (SSSR count). The van der Waals surface area contributed by atoms with E-state index in [9.17, 15) is 9.59 Å². The van der Waals surface area contributed by atoms with Gasteiger partial charge in [0, 0.05) is 0 Å². The number of anilines is 1. The summed E-state index contributed by atoms with van der Waals surface area (Å²) in [5.41, 5.74) is 0.490. The summed E-state index contributed by atoms with van der Waals surface area (Å²) in [7, 11) is 1.55. The van der Waals surface area contributed by atoms with Gasteiger partial charge >= 0.3 is 11.7 Å². The molecule has 1 aromatic rings. The van der Waals surface area contributed by atoms with E-state index in [1.807, 2.05) is 0 Å². The van der Waals surface area contributed by atoms with Crippen LogP contribution in [-0.2, 0) is 14.3 Å². The van der Waals surface area contributed by atoms with Gasteiger partial charge in [-0.15, -0.1) is 5.10 Å². The lowest BCUT2D eigenvalue weighted by atomic mass is 10.3. The Morgan fingerprint density at radius 3 is 2.44 bits per heavy atom. The van der Waals surface area contributed by atoms with Crippen LogP contribution in [0.15, 0.2) is 29.4 Å². The minimum atomic E-state index is -0.729. The molecule has 6 nitrogen and oxygen atoms in total.